The molecule has 1 aromatic heterocycles. The van der Waals surface area contributed by atoms with Crippen molar-refractivity contribution in [2.75, 3.05) is 26.2 Å². The highest BCUT2D eigenvalue weighted by Crippen LogP contribution is 2.24. The van der Waals surface area contributed by atoms with Crippen LogP contribution in [0, 0.1) is 5.92 Å². The molecule has 0 aromatic carbocycles. The Balaban J connectivity index is 1.75. The Morgan fingerprint density at radius 3 is 2.67 bits per heavy atom. The van der Waals surface area contributed by atoms with Gasteiger partial charge in [-0.3, -0.25) is 4.90 Å². The Morgan fingerprint density at radius 1 is 1.33 bits per heavy atom. The van der Waals surface area contributed by atoms with Crippen molar-refractivity contribution in [2.45, 2.75) is 45.5 Å². The summed E-state index contributed by atoms with van der Waals surface area (Å²) in [7, 11) is 0. The zero-order valence-electron chi connectivity index (χ0n) is 14.3. The van der Waals surface area contributed by atoms with Gasteiger partial charge in [-0.25, -0.2) is 4.98 Å². The van der Waals surface area contributed by atoms with Gasteiger partial charge in [0.05, 0.1) is 18.8 Å². The summed E-state index contributed by atoms with van der Waals surface area (Å²) >= 11 is 0. The zero-order chi connectivity index (χ0) is 17.6. The van der Waals surface area contributed by atoms with Crippen molar-refractivity contribution in [3.05, 3.63) is 23.9 Å². The van der Waals surface area contributed by atoms with Gasteiger partial charge in [-0.05, 0) is 51.8 Å². The number of aromatic nitrogens is 1. The van der Waals surface area contributed by atoms with E-state index >= 15 is 0 Å². The van der Waals surface area contributed by atoms with Gasteiger partial charge in [0.2, 0.25) is 5.88 Å². The lowest BCUT2D eigenvalue weighted by Crippen LogP contribution is -2.44. The number of nitrogens with one attached hydrogen (secondary N) is 1. The standard InChI is InChI=1S/C17H26F3N3O/c1-3-24-16-6-4-5-15(22-16)11-21-13(2)14-7-9-23(10-8-14)12-17(18,19)20/h4-6,13-14,21H,3,7-12H2,1-2H3. The van der Waals surface area contributed by atoms with Crippen molar-refractivity contribution in [1.82, 2.24) is 15.2 Å². The molecule has 1 unspecified atom stereocenters. The van der Waals surface area contributed by atoms with Gasteiger partial charge in [-0.1, -0.05) is 6.07 Å². The average Bonchev–Trinajstić information content (AvgIpc) is 2.52. The lowest BCUT2D eigenvalue weighted by molar-refractivity contribution is -0.148. The first kappa shape index (κ1) is 19.0. The normalized spacial score (nSPS) is 18.5. The van der Waals surface area contributed by atoms with Crippen LogP contribution in [0.25, 0.3) is 0 Å². The smallest absolute Gasteiger partial charge is 0.401 e. The van der Waals surface area contributed by atoms with Crippen molar-refractivity contribution in [2.24, 2.45) is 5.92 Å². The van der Waals surface area contributed by atoms with E-state index in [2.05, 4.69) is 17.2 Å². The van der Waals surface area contributed by atoms with Crippen molar-refractivity contribution >= 4 is 0 Å². The maximum atomic E-state index is 12.4. The summed E-state index contributed by atoms with van der Waals surface area (Å²) in [5.41, 5.74) is 0.905. The summed E-state index contributed by atoms with van der Waals surface area (Å²) in [6, 6.07) is 5.92. The van der Waals surface area contributed by atoms with E-state index in [1.165, 1.54) is 4.90 Å². The summed E-state index contributed by atoms with van der Waals surface area (Å²) in [5, 5.41) is 3.44. The van der Waals surface area contributed by atoms with Crippen LogP contribution < -0.4 is 10.1 Å². The summed E-state index contributed by atoms with van der Waals surface area (Å²) in [6.07, 6.45) is -2.53. The highest BCUT2D eigenvalue weighted by atomic mass is 19.4. The first-order valence-electron chi connectivity index (χ1n) is 8.48. The highest BCUT2D eigenvalue weighted by molar-refractivity contribution is 5.15. The molecule has 136 valence electrons. The molecule has 2 heterocycles. The summed E-state index contributed by atoms with van der Waals surface area (Å²) in [4.78, 5) is 5.91. The number of likely N-dealkylation sites (tertiary alicyclic amines) is 1. The molecule has 0 saturated carbocycles. The van der Waals surface area contributed by atoms with Crippen molar-refractivity contribution in [1.29, 1.82) is 0 Å². The molecule has 0 spiro atoms. The minimum Gasteiger partial charge on any atom is -0.478 e. The number of hydrogen-bond acceptors (Lipinski definition) is 4. The molecule has 4 nitrogen and oxygen atoms in total. The second kappa shape index (κ2) is 8.67. The van der Waals surface area contributed by atoms with Crippen LogP contribution in [0.4, 0.5) is 13.2 Å². The fraction of sp³-hybridized carbons (Fsp3) is 0.706. The number of nitrogens with zero attached hydrogens (tertiary/aromatic N) is 2. The second-order valence-corrected chi connectivity index (χ2v) is 6.30. The molecule has 1 fully saturated rings. The third kappa shape index (κ3) is 6.28. The predicted molar refractivity (Wildman–Crippen MR) is 86.9 cm³/mol. The minimum atomic E-state index is -4.10. The Labute approximate surface area is 141 Å². The number of hydrogen-bond donors (Lipinski definition) is 1. The summed E-state index contributed by atoms with van der Waals surface area (Å²) in [6.45, 7) is 5.44. The topological polar surface area (TPSA) is 37.4 Å². The van der Waals surface area contributed by atoms with Gasteiger partial charge in [0.15, 0.2) is 0 Å². The van der Waals surface area contributed by atoms with Crippen LogP contribution in [0.2, 0.25) is 0 Å². The number of rotatable bonds is 7. The van der Waals surface area contributed by atoms with Gasteiger partial charge >= 0.3 is 6.18 Å². The molecule has 0 aliphatic carbocycles. The quantitative estimate of drug-likeness (QED) is 0.823. The van der Waals surface area contributed by atoms with E-state index in [4.69, 9.17) is 4.74 Å². The molecule has 7 heteroatoms. The van der Waals surface area contributed by atoms with Crippen molar-refractivity contribution in [3.8, 4) is 5.88 Å². The third-order valence-corrected chi connectivity index (χ3v) is 4.42. The van der Waals surface area contributed by atoms with Gasteiger partial charge < -0.3 is 10.1 Å². The Hall–Kier alpha value is -1.34. The SMILES string of the molecule is CCOc1cccc(CNC(C)C2CCN(CC(F)(F)F)CC2)n1. The van der Waals surface area contributed by atoms with E-state index in [1.807, 2.05) is 25.1 Å². The van der Waals surface area contributed by atoms with Gasteiger partial charge in [0.1, 0.15) is 0 Å². The van der Waals surface area contributed by atoms with Crippen molar-refractivity contribution < 1.29 is 17.9 Å². The van der Waals surface area contributed by atoms with Crippen LogP contribution in [0.1, 0.15) is 32.4 Å². The van der Waals surface area contributed by atoms with E-state index in [-0.39, 0.29) is 6.04 Å². The number of alkyl halides is 3. The first-order valence-corrected chi connectivity index (χ1v) is 8.48. The monoisotopic (exact) mass is 345 g/mol. The molecule has 1 atom stereocenters. The molecule has 2 rings (SSSR count). The summed E-state index contributed by atoms with van der Waals surface area (Å²) in [5.74, 6) is 1.01. The van der Waals surface area contributed by atoms with Crippen LogP contribution >= 0.6 is 0 Å². The number of piperidine rings is 1. The number of ether oxygens (including phenoxy) is 1. The van der Waals surface area contributed by atoms with Crippen molar-refractivity contribution in [3.63, 3.8) is 0 Å². The van der Waals surface area contributed by atoms with Gasteiger partial charge in [0.25, 0.3) is 0 Å². The van der Waals surface area contributed by atoms with E-state index in [0.29, 0.717) is 38.0 Å². The predicted octanol–water partition coefficient (Wildman–Crippen LogP) is 3.23. The van der Waals surface area contributed by atoms with Gasteiger partial charge in [-0.15, -0.1) is 0 Å². The fourth-order valence-electron chi connectivity index (χ4n) is 3.08. The highest BCUT2D eigenvalue weighted by Gasteiger charge is 2.33. The molecular weight excluding hydrogens is 319 g/mol. The zero-order valence-corrected chi connectivity index (χ0v) is 14.3. The fourth-order valence-corrected chi connectivity index (χ4v) is 3.08. The maximum Gasteiger partial charge on any atom is 0.401 e. The number of halogens is 3. The van der Waals surface area contributed by atoms with Crippen LogP contribution in [-0.4, -0.2) is 48.3 Å². The Bertz CT molecular complexity index is 502. The summed E-state index contributed by atoms with van der Waals surface area (Å²) < 4.78 is 42.6. The van der Waals surface area contributed by atoms with Crippen LogP contribution in [-0.2, 0) is 6.54 Å². The largest absolute Gasteiger partial charge is 0.478 e. The van der Waals surface area contributed by atoms with Gasteiger partial charge in [0, 0.05) is 18.7 Å². The van der Waals surface area contributed by atoms with E-state index in [1.54, 1.807) is 0 Å². The molecule has 24 heavy (non-hydrogen) atoms. The van der Waals surface area contributed by atoms with Gasteiger partial charge in [-0.2, -0.15) is 13.2 Å². The number of pyridine rings is 1. The molecule has 1 aliphatic rings. The molecule has 1 aromatic rings. The first-order chi connectivity index (χ1) is 11.4. The molecule has 0 amide bonds. The minimum absolute atomic E-state index is 0.246. The molecule has 1 N–H and O–H groups in total. The lowest BCUT2D eigenvalue weighted by atomic mass is 9.90. The molecule has 1 aliphatic heterocycles. The second-order valence-electron chi connectivity index (χ2n) is 6.30. The van der Waals surface area contributed by atoms with Crippen LogP contribution in [0.15, 0.2) is 18.2 Å². The maximum absolute atomic E-state index is 12.4. The lowest BCUT2D eigenvalue weighted by Gasteiger charge is -2.35. The average molecular weight is 345 g/mol. The Morgan fingerprint density at radius 2 is 2.04 bits per heavy atom. The molecule has 0 radical (unpaired) electrons. The Kier molecular flexibility index (Phi) is 6.86. The third-order valence-electron chi connectivity index (χ3n) is 4.42. The van der Waals surface area contributed by atoms with E-state index < -0.39 is 12.7 Å². The van der Waals surface area contributed by atoms with E-state index in [0.717, 1.165) is 18.5 Å². The van der Waals surface area contributed by atoms with Crippen LogP contribution in [0.3, 0.4) is 0 Å². The van der Waals surface area contributed by atoms with Crippen LogP contribution in [0.5, 0.6) is 5.88 Å². The molecular formula is C17H26F3N3O. The molecule has 1 saturated heterocycles. The molecule has 0 bridgehead atoms. The van der Waals surface area contributed by atoms with E-state index in [9.17, 15) is 13.2 Å².